The van der Waals surface area contributed by atoms with Gasteiger partial charge in [-0.15, -0.1) is 0 Å². The summed E-state index contributed by atoms with van der Waals surface area (Å²) in [6.07, 6.45) is 2.49. The van der Waals surface area contributed by atoms with Gasteiger partial charge in [0.2, 0.25) is 0 Å². The standard InChI is InChI=1S/C12H17N3O5/c1-20-10(17)5-3-2-4-6-13-11(18)8-7-9(16)15-12(19)14-8/h7H,2-6H2,1H3,(H,13,18)(H2,14,15,16,19). The van der Waals surface area contributed by atoms with Crippen LogP contribution in [0.3, 0.4) is 0 Å². The number of H-pyrrole nitrogens is 2. The van der Waals surface area contributed by atoms with Crippen molar-refractivity contribution in [1.82, 2.24) is 15.3 Å². The second-order valence-corrected chi connectivity index (χ2v) is 4.14. The lowest BCUT2D eigenvalue weighted by atomic mass is 10.2. The monoisotopic (exact) mass is 283 g/mol. The van der Waals surface area contributed by atoms with Gasteiger partial charge < -0.3 is 15.0 Å². The molecule has 0 bridgehead atoms. The minimum absolute atomic E-state index is 0.0756. The first-order valence-corrected chi connectivity index (χ1v) is 6.21. The van der Waals surface area contributed by atoms with Gasteiger partial charge in [0.25, 0.3) is 11.5 Å². The van der Waals surface area contributed by atoms with Crippen LogP contribution in [0.2, 0.25) is 0 Å². The van der Waals surface area contributed by atoms with Gasteiger partial charge in [0.15, 0.2) is 0 Å². The lowest BCUT2D eigenvalue weighted by Gasteiger charge is -2.04. The van der Waals surface area contributed by atoms with E-state index in [1.54, 1.807) is 0 Å². The maximum Gasteiger partial charge on any atom is 0.326 e. The summed E-state index contributed by atoms with van der Waals surface area (Å²) in [5, 5.41) is 2.58. The first-order chi connectivity index (χ1) is 9.52. The molecule has 1 heterocycles. The molecular weight excluding hydrogens is 266 g/mol. The van der Waals surface area contributed by atoms with Gasteiger partial charge in [0.1, 0.15) is 5.69 Å². The second-order valence-electron chi connectivity index (χ2n) is 4.14. The van der Waals surface area contributed by atoms with Crippen molar-refractivity contribution in [3.63, 3.8) is 0 Å². The number of ether oxygens (including phenoxy) is 1. The summed E-state index contributed by atoms with van der Waals surface area (Å²) in [7, 11) is 1.34. The summed E-state index contributed by atoms with van der Waals surface area (Å²) in [4.78, 5) is 48.7. The van der Waals surface area contributed by atoms with Crippen LogP contribution in [0.15, 0.2) is 15.7 Å². The normalized spacial score (nSPS) is 10.1. The van der Waals surface area contributed by atoms with Crippen LogP contribution >= 0.6 is 0 Å². The van der Waals surface area contributed by atoms with Crippen LogP contribution in [0.1, 0.15) is 36.2 Å². The molecule has 0 atom stereocenters. The van der Waals surface area contributed by atoms with Crippen molar-refractivity contribution < 1.29 is 14.3 Å². The van der Waals surface area contributed by atoms with Gasteiger partial charge >= 0.3 is 11.7 Å². The van der Waals surface area contributed by atoms with E-state index in [1.807, 2.05) is 4.98 Å². The molecule has 110 valence electrons. The topological polar surface area (TPSA) is 121 Å². The fourth-order valence-corrected chi connectivity index (χ4v) is 1.56. The van der Waals surface area contributed by atoms with Crippen LogP contribution in [0.25, 0.3) is 0 Å². The molecule has 0 aliphatic heterocycles. The minimum atomic E-state index is -0.722. The van der Waals surface area contributed by atoms with Crippen LogP contribution in [0.4, 0.5) is 0 Å². The maximum atomic E-state index is 11.6. The average molecular weight is 283 g/mol. The van der Waals surface area contributed by atoms with Gasteiger partial charge in [-0.1, -0.05) is 6.42 Å². The Morgan fingerprint density at radius 3 is 2.60 bits per heavy atom. The molecule has 0 spiro atoms. The molecule has 0 aromatic carbocycles. The molecule has 0 aliphatic carbocycles. The molecule has 1 amide bonds. The van der Waals surface area contributed by atoms with Crippen LogP contribution in [-0.2, 0) is 9.53 Å². The summed E-state index contributed by atoms with van der Waals surface area (Å²) in [6.45, 7) is 0.398. The molecule has 1 rings (SSSR count). The minimum Gasteiger partial charge on any atom is -0.469 e. The number of aromatic amines is 2. The van der Waals surface area contributed by atoms with Gasteiger partial charge in [0, 0.05) is 19.0 Å². The molecule has 0 fully saturated rings. The van der Waals surface area contributed by atoms with Gasteiger partial charge in [-0.05, 0) is 12.8 Å². The summed E-state index contributed by atoms with van der Waals surface area (Å²) in [5.74, 6) is -0.767. The van der Waals surface area contributed by atoms with Crippen molar-refractivity contribution in [3.8, 4) is 0 Å². The quantitative estimate of drug-likeness (QED) is 0.461. The van der Waals surface area contributed by atoms with E-state index in [4.69, 9.17) is 0 Å². The van der Waals surface area contributed by atoms with E-state index in [1.165, 1.54) is 7.11 Å². The molecular formula is C12H17N3O5. The van der Waals surface area contributed by atoms with E-state index in [2.05, 4.69) is 15.0 Å². The zero-order valence-electron chi connectivity index (χ0n) is 11.2. The number of unbranched alkanes of at least 4 members (excludes halogenated alkanes) is 2. The Morgan fingerprint density at radius 1 is 1.20 bits per heavy atom. The number of carbonyl (C=O) groups is 2. The summed E-state index contributed by atoms with van der Waals surface area (Å²) in [6, 6.07) is 1.02. The number of aromatic nitrogens is 2. The number of hydrogen-bond donors (Lipinski definition) is 3. The number of methoxy groups -OCH3 is 1. The molecule has 20 heavy (non-hydrogen) atoms. The Balaban J connectivity index is 2.28. The Morgan fingerprint density at radius 2 is 1.95 bits per heavy atom. The van der Waals surface area contributed by atoms with Crippen LogP contribution in [0.5, 0.6) is 0 Å². The molecule has 0 saturated heterocycles. The summed E-state index contributed by atoms with van der Waals surface area (Å²) in [5.41, 5.74) is -1.42. The number of rotatable bonds is 7. The van der Waals surface area contributed by atoms with E-state index in [0.29, 0.717) is 25.8 Å². The van der Waals surface area contributed by atoms with Gasteiger partial charge in [-0.3, -0.25) is 19.4 Å². The van der Waals surface area contributed by atoms with E-state index < -0.39 is 17.2 Å². The third-order valence-electron chi connectivity index (χ3n) is 2.58. The number of esters is 1. The highest BCUT2D eigenvalue weighted by Gasteiger charge is 2.07. The second kappa shape index (κ2) is 7.93. The molecule has 3 N–H and O–H groups in total. The molecule has 0 aliphatic rings. The fraction of sp³-hybridized carbons (Fsp3) is 0.500. The summed E-state index contributed by atoms with van der Waals surface area (Å²) >= 11 is 0. The van der Waals surface area contributed by atoms with Crippen LogP contribution in [0, 0.1) is 0 Å². The lowest BCUT2D eigenvalue weighted by molar-refractivity contribution is -0.140. The molecule has 0 radical (unpaired) electrons. The molecule has 8 heteroatoms. The third-order valence-corrected chi connectivity index (χ3v) is 2.58. The third kappa shape index (κ3) is 5.51. The first-order valence-electron chi connectivity index (χ1n) is 6.21. The fourth-order valence-electron chi connectivity index (χ4n) is 1.56. The number of hydrogen-bond acceptors (Lipinski definition) is 5. The van der Waals surface area contributed by atoms with Crippen LogP contribution < -0.4 is 16.6 Å². The highest BCUT2D eigenvalue weighted by Crippen LogP contribution is 2.00. The van der Waals surface area contributed by atoms with E-state index in [9.17, 15) is 19.2 Å². The smallest absolute Gasteiger partial charge is 0.326 e. The van der Waals surface area contributed by atoms with Crippen molar-refractivity contribution in [2.75, 3.05) is 13.7 Å². The van der Waals surface area contributed by atoms with E-state index >= 15 is 0 Å². The highest BCUT2D eigenvalue weighted by atomic mass is 16.5. The van der Waals surface area contributed by atoms with Crippen molar-refractivity contribution in [2.24, 2.45) is 0 Å². The van der Waals surface area contributed by atoms with Crippen molar-refractivity contribution in [3.05, 3.63) is 32.6 Å². The molecule has 1 aromatic heterocycles. The largest absolute Gasteiger partial charge is 0.469 e. The van der Waals surface area contributed by atoms with Gasteiger partial charge in [-0.25, -0.2) is 4.79 Å². The number of amides is 1. The van der Waals surface area contributed by atoms with Gasteiger partial charge in [-0.2, -0.15) is 0 Å². The van der Waals surface area contributed by atoms with Crippen molar-refractivity contribution in [1.29, 1.82) is 0 Å². The highest BCUT2D eigenvalue weighted by molar-refractivity contribution is 5.91. The van der Waals surface area contributed by atoms with Crippen molar-refractivity contribution in [2.45, 2.75) is 25.7 Å². The van der Waals surface area contributed by atoms with Crippen LogP contribution in [-0.4, -0.2) is 35.5 Å². The Labute approximate surface area is 114 Å². The molecule has 8 nitrogen and oxygen atoms in total. The maximum absolute atomic E-state index is 11.6. The average Bonchev–Trinajstić information content (AvgIpc) is 2.40. The predicted molar refractivity (Wildman–Crippen MR) is 70.5 cm³/mol. The lowest BCUT2D eigenvalue weighted by Crippen LogP contribution is -2.31. The predicted octanol–water partition coefficient (Wildman–Crippen LogP) is -0.474. The molecule has 0 unspecified atom stereocenters. The van der Waals surface area contributed by atoms with Crippen molar-refractivity contribution >= 4 is 11.9 Å². The Kier molecular flexibility index (Phi) is 6.21. The number of carbonyl (C=O) groups excluding carboxylic acids is 2. The van der Waals surface area contributed by atoms with Gasteiger partial charge in [0.05, 0.1) is 7.11 Å². The zero-order valence-corrected chi connectivity index (χ0v) is 11.2. The molecule has 0 saturated carbocycles. The Bertz CT molecular complexity index is 547. The Hall–Kier alpha value is -2.38. The zero-order chi connectivity index (χ0) is 15.0. The number of nitrogens with one attached hydrogen (secondary N) is 3. The molecule has 1 aromatic rings. The van der Waals surface area contributed by atoms with E-state index in [-0.39, 0.29) is 11.7 Å². The first kappa shape index (κ1) is 15.7. The summed E-state index contributed by atoms with van der Waals surface area (Å²) < 4.78 is 4.50. The SMILES string of the molecule is COC(=O)CCCCCNC(=O)c1cc(=O)[nH]c(=O)[nH]1. The van der Waals surface area contributed by atoms with E-state index in [0.717, 1.165) is 12.5 Å².